The number of benzene rings is 2. The van der Waals surface area contributed by atoms with Crippen molar-refractivity contribution < 1.29 is 64.2 Å². The molecule has 0 spiro atoms. The summed E-state index contributed by atoms with van der Waals surface area (Å²) in [6, 6.07) is 7.26. The van der Waals surface area contributed by atoms with Crippen molar-refractivity contribution >= 4 is 0 Å². The fourth-order valence-corrected chi connectivity index (χ4v) is 5.89. The van der Waals surface area contributed by atoms with Gasteiger partial charge in [0.05, 0.1) is 27.4 Å². The molecule has 13 nitrogen and oxygen atoms in total. The quantitative estimate of drug-likeness (QED) is 0.199. The number of aromatic hydroxyl groups is 1. The molecule has 0 radical (unpaired) electrons. The summed E-state index contributed by atoms with van der Waals surface area (Å²) in [7, 11) is 2.89. The van der Waals surface area contributed by atoms with Crippen LogP contribution in [-0.2, 0) is 27.1 Å². The first kappa shape index (κ1) is 33.4. The zero-order valence-corrected chi connectivity index (χ0v) is 25.2. The Morgan fingerprint density at radius 2 is 1.42 bits per heavy atom. The third-order valence-corrected chi connectivity index (χ3v) is 8.44. The first-order chi connectivity index (χ1) is 21.7. The van der Waals surface area contributed by atoms with Crippen molar-refractivity contribution in [2.24, 2.45) is 0 Å². The molecule has 45 heavy (non-hydrogen) atoms. The highest BCUT2D eigenvalue weighted by molar-refractivity contribution is 5.81. The summed E-state index contributed by atoms with van der Waals surface area (Å²) in [5.41, 5.74) is 2.82. The second-order valence-corrected chi connectivity index (χ2v) is 11.4. The molecule has 1 aliphatic carbocycles. The average molecular weight is 635 g/mol. The normalized spacial score (nSPS) is 31.9. The van der Waals surface area contributed by atoms with Crippen LogP contribution < -0.4 is 14.2 Å². The lowest BCUT2D eigenvalue weighted by atomic mass is 9.95. The highest BCUT2D eigenvalue weighted by Gasteiger charge is 2.48. The number of hydrogen-bond acceptors (Lipinski definition) is 13. The summed E-state index contributed by atoms with van der Waals surface area (Å²) in [4.78, 5) is 0. The van der Waals surface area contributed by atoms with Gasteiger partial charge in [0.2, 0.25) is 12.0 Å². The van der Waals surface area contributed by atoms with E-state index in [2.05, 4.69) is 12.2 Å². The monoisotopic (exact) mass is 634 g/mol. The molecule has 248 valence electrons. The maximum absolute atomic E-state index is 10.9. The number of phenols is 1. The van der Waals surface area contributed by atoms with Crippen LogP contribution in [0.2, 0.25) is 0 Å². The molecule has 5 rings (SSSR count). The number of ether oxygens (including phenoxy) is 6. The van der Waals surface area contributed by atoms with Gasteiger partial charge in [-0.05, 0) is 61.4 Å². The number of aliphatic hydroxyl groups is 6. The predicted octanol–water partition coefficient (Wildman–Crippen LogP) is 0.543. The number of phenolic OH excluding ortho intramolecular Hbond substituents is 1. The van der Waals surface area contributed by atoms with Gasteiger partial charge >= 0.3 is 0 Å². The molecule has 2 aromatic carbocycles. The maximum Gasteiger partial charge on any atom is 0.229 e. The minimum atomic E-state index is -1.70. The zero-order chi connectivity index (χ0) is 32.2. The molecule has 0 amide bonds. The minimum Gasteiger partial charge on any atom is -0.507 e. The molecule has 3 aliphatic rings. The molecule has 7 N–H and O–H groups in total. The minimum absolute atomic E-state index is 0.0595. The van der Waals surface area contributed by atoms with Gasteiger partial charge in [-0.3, -0.25) is 0 Å². The van der Waals surface area contributed by atoms with Crippen LogP contribution in [0.1, 0.15) is 30.4 Å². The van der Waals surface area contributed by atoms with Crippen molar-refractivity contribution in [2.45, 2.75) is 87.4 Å². The van der Waals surface area contributed by atoms with E-state index in [4.69, 9.17) is 28.4 Å². The van der Waals surface area contributed by atoms with Gasteiger partial charge in [0.15, 0.2) is 17.8 Å². The molecule has 2 saturated heterocycles. The second kappa shape index (κ2) is 14.6. The number of allylic oxidation sites excluding steroid dienone is 2. The molecular weight excluding hydrogens is 592 g/mol. The molecule has 9 atom stereocenters. The van der Waals surface area contributed by atoms with Gasteiger partial charge in [-0.1, -0.05) is 18.2 Å². The van der Waals surface area contributed by atoms with E-state index in [0.717, 1.165) is 31.2 Å². The van der Waals surface area contributed by atoms with Crippen LogP contribution in [0.5, 0.6) is 23.0 Å². The van der Waals surface area contributed by atoms with Crippen molar-refractivity contribution in [1.29, 1.82) is 0 Å². The largest absolute Gasteiger partial charge is 0.507 e. The first-order valence-corrected chi connectivity index (χ1v) is 15.0. The van der Waals surface area contributed by atoms with Crippen LogP contribution in [0.15, 0.2) is 36.4 Å². The van der Waals surface area contributed by atoms with Gasteiger partial charge in [0, 0.05) is 11.1 Å². The molecular formula is C32H42O13. The number of fused-ring (bicyclic) bond motifs is 5. The lowest BCUT2D eigenvalue weighted by molar-refractivity contribution is -0.290. The molecule has 13 heteroatoms. The highest BCUT2D eigenvalue weighted by atomic mass is 16.7. The third kappa shape index (κ3) is 6.92. The number of aliphatic hydroxyl groups excluding tert-OH is 6. The van der Waals surface area contributed by atoms with E-state index in [1.165, 1.54) is 14.2 Å². The van der Waals surface area contributed by atoms with Gasteiger partial charge < -0.3 is 64.2 Å². The van der Waals surface area contributed by atoms with E-state index in [1.54, 1.807) is 6.07 Å². The van der Waals surface area contributed by atoms with E-state index in [-0.39, 0.29) is 23.0 Å². The van der Waals surface area contributed by atoms with Crippen LogP contribution in [0.4, 0.5) is 0 Å². The van der Waals surface area contributed by atoms with Crippen molar-refractivity contribution in [2.75, 3.05) is 27.4 Å². The fraction of sp³-hybridized carbons (Fsp3) is 0.562. The third-order valence-electron chi connectivity index (χ3n) is 8.44. The van der Waals surface area contributed by atoms with E-state index in [9.17, 15) is 35.7 Å². The Balaban J connectivity index is 1.47. The smallest absolute Gasteiger partial charge is 0.229 e. The summed E-state index contributed by atoms with van der Waals surface area (Å²) >= 11 is 0. The van der Waals surface area contributed by atoms with E-state index in [1.807, 2.05) is 18.2 Å². The Labute approximate surface area is 260 Å². The number of hydrogen-bond donors (Lipinski definition) is 7. The van der Waals surface area contributed by atoms with Gasteiger partial charge in [0.25, 0.3) is 0 Å². The van der Waals surface area contributed by atoms with Crippen LogP contribution in [0.25, 0.3) is 11.1 Å². The fourth-order valence-electron chi connectivity index (χ4n) is 5.89. The van der Waals surface area contributed by atoms with Crippen molar-refractivity contribution in [3.05, 3.63) is 47.5 Å². The Kier molecular flexibility index (Phi) is 10.9. The summed E-state index contributed by atoms with van der Waals surface area (Å²) in [5.74, 6) is 0.690. The summed E-state index contributed by atoms with van der Waals surface area (Å²) in [6.45, 7) is -0.971. The molecule has 2 heterocycles. The zero-order valence-electron chi connectivity index (χ0n) is 25.2. The standard InChI is InChI=1S/C32H42O13/c1-40-29-19-13-17(9-7-5-3-4-6-8-16-10-11-20(34)18(19)12-16)28(30(29)41-2)45-32-27(39)25(37)24(36)22(44-32)15-42-31-26(38)23(35)21(14-33)43-31/h3-4,10-13,21-27,31-39H,5-9,14-15H2,1-2H3. The van der Waals surface area contributed by atoms with Crippen LogP contribution in [-0.4, -0.2) is 118 Å². The lowest BCUT2D eigenvalue weighted by Gasteiger charge is -2.40. The van der Waals surface area contributed by atoms with Crippen LogP contribution >= 0.6 is 0 Å². The number of aryl methyl sites for hydroxylation is 2. The maximum atomic E-state index is 10.9. The molecule has 0 saturated carbocycles. The summed E-state index contributed by atoms with van der Waals surface area (Å²) in [5, 5.41) is 72.7. The Bertz CT molecular complexity index is 1330. The van der Waals surface area contributed by atoms with Crippen molar-refractivity contribution in [3.8, 4) is 34.1 Å². The molecule has 0 aromatic heterocycles. The molecule has 4 bridgehead atoms. The average Bonchev–Trinajstić information content (AvgIpc) is 3.32. The molecule has 2 fully saturated rings. The SMILES string of the molecule is COc1c2cc(c(OC3OC(COC4OC(CO)C(O)C4O)C(O)C(O)C3O)c1OC)CCCC=CCCc1ccc(O)c-2c1. The number of rotatable bonds is 8. The van der Waals surface area contributed by atoms with E-state index < -0.39 is 68.5 Å². The van der Waals surface area contributed by atoms with Gasteiger partial charge in [0.1, 0.15) is 48.5 Å². The van der Waals surface area contributed by atoms with Gasteiger partial charge in [-0.15, -0.1) is 0 Å². The van der Waals surface area contributed by atoms with Crippen molar-refractivity contribution in [1.82, 2.24) is 0 Å². The van der Waals surface area contributed by atoms with Crippen LogP contribution in [0, 0.1) is 0 Å². The highest BCUT2D eigenvalue weighted by Crippen LogP contribution is 2.50. The van der Waals surface area contributed by atoms with E-state index >= 15 is 0 Å². The predicted molar refractivity (Wildman–Crippen MR) is 158 cm³/mol. The van der Waals surface area contributed by atoms with E-state index in [0.29, 0.717) is 23.1 Å². The molecule has 9 unspecified atom stereocenters. The Hall–Kier alpha value is -2.98. The van der Waals surface area contributed by atoms with Crippen LogP contribution in [0.3, 0.4) is 0 Å². The summed E-state index contributed by atoms with van der Waals surface area (Å²) < 4.78 is 34.5. The first-order valence-electron chi connectivity index (χ1n) is 15.0. The Morgan fingerprint density at radius 3 is 2.13 bits per heavy atom. The van der Waals surface area contributed by atoms with Crippen molar-refractivity contribution in [3.63, 3.8) is 0 Å². The number of methoxy groups -OCH3 is 2. The lowest BCUT2D eigenvalue weighted by Crippen LogP contribution is -2.60. The van der Waals surface area contributed by atoms with Gasteiger partial charge in [-0.25, -0.2) is 0 Å². The second-order valence-electron chi connectivity index (χ2n) is 11.4. The summed E-state index contributed by atoms with van der Waals surface area (Å²) in [6.07, 6.45) is -5.09. The molecule has 2 aliphatic heterocycles. The topological polar surface area (TPSA) is 197 Å². The Morgan fingerprint density at radius 1 is 0.733 bits per heavy atom. The molecule has 2 aromatic rings. The van der Waals surface area contributed by atoms with Gasteiger partial charge in [-0.2, -0.15) is 0 Å².